The van der Waals surface area contributed by atoms with Crippen LogP contribution in [0.1, 0.15) is 31.2 Å². The molecular formula is C26H19NO2S2. The van der Waals surface area contributed by atoms with Crippen LogP contribution in [0.4, 0.5) is 5.69 Å². The van der Waals surface area contributed by atoms with Gasteiger partial charge in [0.25, 0.3) is 5.91 Å². The molecular weight excluding hydrogens is 422 g/mol. The Labute approximate surface area is 189 Å². The molecule has 1 aliphatic rings. The number of hydrogen-bond donors (Lipinski definition) is 1. The lowest BCUT2D eigenvalue weighted by Gasteiger charge is -2.07. The van der Waals surface area contributed by atoms with E-state index < -0.39 is 0 Å². The first-order valence-electron chi connectivity index (χ1n) is 9.99. The Morgan fingerprint density at radius 3 is 2.48 bits per heavy atom. The third-order valence-corrected chi connectivity index (χ3v) is 7.22. The van der Waals surface area contributed by atoms with Gasteiger partial charge in [-0.3, -0.25) is 9.59 Å². The molecule has 0 spiro atoms. The van der Waals surface area contributed by atoms with E-state index >= 15 is 0 Å². The highest BCUT2D eigenvalue weighted by atomic mass is 32.2. The number of Topliss-reactive ketones (excluding diaryl/α,β-unsaturated/α-hetero) is 1. The maximum absolute atomic E-state index is 12.8. The predicted octanol–water partition coefficient (Wildman–Crippen LogP) is 6.55. The van der Waals surface area contributed by atoms with E-state index in [-0.39, 0.29) is 11.7 Å². The van der Waals surface area contributed by atoms with Crippen LogP contribution in [0.5, 0.6) is 0 Å². The van der Waals surface area contributed by atoms with Gasteiger partial charge in [-0.15, -0.1) is 23.1 Å². The summed E-state index contributed by atoms with van der Waals surface area (Å²) in [5.74, 6) is 0.398. The number of fused-ring (bicyclic) bond motifs is 3. The summed E-state index contributed by atoms with van der Waals surface area (Å²) in [6.45, 7) is 0. The zero-order chi connectivity index (χ0) is 21.2. The normalized spacial score (nSPS) is 11.6. The van der Waals surface area contributed by atoms with Crippen LogP contribution >= 0.6 is 23.1 Å². The first-order valence-corrected chi connectivity index (χ1v) is 11.9. The molecule has 0 bridgehead atoms. The number of ketones is 1. The number of benzene rings is 3. The van der Waals surface area contributed by atoms with Gasteiger partial charge >= 0.3 is 0 Å². The SMILES string of the molecule is O=C(CSc1ccc(NC(=O)c2cccs2)cc1)c1ccc2c(c1)Cc1ccccc1-2. The Morgan fingerprint density at radius 2 is 1.68 bits per heavy atom. The first-order chi connectivity index (χ1) is 15.2. The van der Waals surface area contributed by atoms with Gasteiger partial charge in [-0.25, -0.2) is 0 Å². The lowest BCUT2D eigenvalue weighted by atomic mass is 10.0. The highest BCUT2D eigenvalue weighted by Crippen LogP contribution is 2.37. The second-order valence-electron chi connectivity index (χ2n) is 7.37. The van der Waals surface area contributed by atoms with Crippen molar-refractivity contribution in [2.24, 2.45) is 0 Å². The summed E-state index contributed by atoms with van der Waals surface area (Å²) in [7, 11) is 0. The van der Waals surface area contributed by atoms with Crippen LogP contribution in [0.15, 0.2) is 89.1 Å². The number of nitrogens with one attached hydrogen (secondary N) is 1. The van der Waals surface area contributed by atoms with E-state index in [1.165, 1.54) is 45.4 Å². The van der Waals surface area contributed by atoms with Gasteiger partial charge in [-0.05, 0) is 70.5 Å². The second kappa shape index (κ2) is 8.53. The third kappa shape index (κ3) is 4.20. The highest BCUT2D eigenvalue weighted by molar-refractivity contribution is 8.00. The minimum atomic E-state index is -0.107. The molecule has 31 heavy (non-hydrogen) atoms. The summed E-state index contributed by atoms with van der Waals surface area (Å²) in [5.41, 5.74) is 6.56. The Hall–Kier alpha value is -3.15. The molecule has 152 valence electrons. The highest BCUT2D eigenvalue weighted by Gasteiger charge is 2.19. The van der Waals surface area contributed by atoms with Gasteiger partial charge < -0.3 is 5.32 Å². The molecule has 1 aromatic heterocycles. The lowest BCUT2D eigenvalue weighted by molar-refractivity contribution is 0.101. The number of hydrogen-bond acceptors (Lipinski definition) is 4. The third-order valence-electron chi connectivity index (χ3n) is 5.34. The predicted molar refractivity (Wildman–Crippen MR) is 128 cm³/mol. The number of carbonyl (C=O) groups excluding carboxylic acids is 2. The van der Waals surface area contributed by atoms with Gasteiger partial charge in [0.1, 0.15) is 0 Å². The monoisotopic (exact) mass is 441 g/mol. The Bertz CT molecular complexity index is 1260. The van der Waals surface area contributed by atoms with Crippen LogP contribution in [-0.2, 0) is 6.42 Å². The molecule has 0 saturated heterocycles. The van der Waals surface area contributed by atoms with Crippen molar-refractivity contribution in [3.05, 3.63) is 106 Å². The van der Waals surface area contributed by atoms with Crippen LogP contribution in [0, 0.1) is 0 Å². The van der Waals surface area contributed by atoms with Crippen molar-refractivity contribution in [3.63, 3.8) is 0 Å². The summed E-state index contributed by atoms with van der Waals surface area (Å²) >= 11 is 2.92. The van der Waals surface area contributed by atoms with Crippen LogP contribution in [0.25, 0.3) is 11.1 Å². The molecule has 3 nitrogen and oxygen atoms in total. The number of amides is 1. The van der Waals surface area contributed by atoms with Crippen LogP contribution in [0.2, 0.25) is 0 Å². The smallest absolute Gasteiger partial charge is 0.265 e. The van der Waals surface area contributed by atoms with Crippen molar-refractivity contribution in [2.75, 3.05) is 11.1 Å². The van der Waals surface area contributed by atoms with Gasteiger partial charge in [0.15, 0.2) is 5.78 Å². The summed E-state index contributed by atoms with van der Waals surface area (Å²) in [5, 5.41) is 4.77. The van der Waals surface area contributed by atoms with Crippen molar-refractivity contribution in [1.82, 2.24) is 0 Å². The van der Waals surface area contributed by atoms with Gasteiger partial charge in [-0.2, -0.15) is 0 Å². The molecule has 5 heteroatoms. The summed E-state index contributed by atoms with van der Waals surface area (Å²) in [4.78, 5) is 26.6. The van der Waals surface area contributed by atoms with Crippen molar-refractivity contribution in [3.8, 4) is 11.1 Å². The number of thiophene rings is 1. The molecule has 0 fully saturated rings. The van der Waals surface area contributed by atoms with Gasteiger partial charge in [0.05, 0.1) is 10.6 Å². The van der Waals surface area contributed by atoms with E-state index in [0.29, 0.717) is 10.6 Å². The molecule has 1 heterocycles. The lowest BCUT2D eigenvalue weighted by Crippen LogP contribution is -2.09. The molecule has 4 aromatic rings. The Morgan fingerprint density at radius 1 is 0.871 bits per heavy atom. The van der Waals surface area contributed by atoms with E-state index in [2.05, 4.69) is 35.6 Å². The number of anilines is 1. The largest absolute Gasteiger partial charge is 0.321 e. The molecule has 1 aliphatic carbocycles. The van der Waals surface area contributed by atoms with E-state index in [1.807, 2.05) is 47.8 Å². The minimum absolute atomic E-state index is 0.107. The molecule has 1 N–H and O–H groups in total. The summed E-state index contributed by atoms with van der Waals surface area (Å²) in [6, 6.07) is 25.7. The molecule has 1 amide bonds. The average Bonchev–Trinajstić information content (AvgIpc) is 3.46. The molecule has 0 atom stereocenters. The summed E-state index contributed by atoms with van der Waals surface area (Å²) in [6.07, 6.45) is 0.887. The molecule has 0 saturated carbocycles. The molecule has 0 aliphatic heterocycles. The number of thioether (sulfide) groups is 1. The minimum Gasteiger partial charge on any atom is -0.321 e. The van der Waals surface area contributed by atoms with Crippen LogP contribution in [0.3, 0.4) is 0 Å². The van der Waals surface area contributed by atoms with Crippen LogP contribution in [-0.4, -0.2) is 17.4 Å². The summed E-state index contributed by atoms with van der Waals surface area (Å²) < 4.78 is 0. The van der Waals surface area contributed by atoms with Crippen molar-refractivity contribution in [2.45, 2.75) is 11.3 Å². The standard InChI is InChI=1S/C26H19NO2S2/c28-24(18-7-12-23-19(15-18)14-17-4-1-2-5-22(17)23)16-31-21-10-8-20(9-11-21)27-26(29)25-6-3-13-30-25/h1-13,15H,14,16H2,(H,27,29). The first kappa shape index (κ1) is 19.8. The average molecular weight is 442 g/mol. The fourth-order valence-corrected chi connectivity index (χ4v) is 5.20. The van der Waals surface area contributed by atoms with Crippen molar-refractivity contribution in [1.29, 1.82) is 0 Å². The Kier molecular flexibility index (Phi) is 5.45. The maximum atomic E-state index is 12.8. The Balaban J connectivity index is 1.20. The van der Waals surface area contributed by atoms with Gasteiger partial charge in [-0.1, -0.05) is 42.5 Å². The van der Waals surface area contributed by atoms with E-state index in [0.717, 1.165) is 22.6 Å². The van der Waals surface area contributed by atoms with Crippen molar-refractivity contribution < 1.29 is 9.59 Å². The molecule has 5 rings (SSSR count). The van der Waals surface area contributed by atoms with E-state index in [1.54, 1.807) is 6.07 Å². The number of carbonyl (C=O) groups is 2. The number of rotatable bonds is 6. The maximum Gasteiger partial charge on any atom is 0.265 e. The fourth-order valence-electron chi connectivity index (χ4n) is 3.79. The second-order valence-corrected chi connectivity index (χ2v) is 9.37. The van der Waals surface area contributed by atoms with Crippen LogP contribution < -0.4 is 5.32 Å². The van der Waals surface area contributed by atoms with Gasteiger partial charge in [0, 0.05) is 16.1 Å². The van der Waals surface area contributed by atoms with Crippen molar-refractivity contribution >= 4 is 40.5 Å². The zero-order valence-corrected chi connectivity index (χ0v) is 18.3. The van der Waals surface area contributed by atoms with Gasteiger partial charge in [0.2, 0.25) is 0 Å². The quantitative estimate of drug-likeness (QED) is 0.240. The van der Waals surface area contributed by atoms with E-state index in [9.17, 15) is 9.59 Å². The topological polar surface area (TPSA) is 46.2 Å². The molecule has 0 unspecified atom stereocenters. The molecule has 3 aromatic carbocycles. The molecule has 0 radical (unpaired) electrons. The zero-order valence-electron chi connectivity index (χ0n) is 16.6. The fraction of sp³-hybridized carbons (Fsp3) is 0.0769. The van der Waals surface area contributed by atoms with E-state index in [4.69, 9.17) is 0 Å².